The summed E-state index contributed by atoms with van der Waals surface area (Å²) in [6.45, 7) is 1.89. The van der Waals surface area contributed by atoms with E-state index in [1.54, 1.807) is 0 Å². The van der Waals surface area contributed by atoms with E-state index < -0.39 is 10.0 Å². The van der Waals surface area contributed by atoms with Gasteiger partial charge in [-0.05, 0) is 31.0 Å². The molecule has 0 fully saturated rings. The number of nitrogen functional groups attached to an aromatic ring is 1. The van der Waals surface area contributed by atoms with Gasteiger partial charge in [-0.2, -0.15) is 0 Å². The second kappa shape index (κ2) is 4.49. The lowest BCUT2D eigenvalue weighted by atomic mass is 10.1. The molecule has 0 aliphatic carbocycles. The third kappa shape index (κ3) is 1.84. The number of hydrogen-bond acceptors (Lipinski definition) is 4. The van der Waals surface area contributed by atoms with Crippen molar-refractivity contribution in [2.24, 2.45) is 0 Å². The Morgan fingerprint density at radius 3 is 2.80 bits per heavy atom. The molecule has 3 rings (SSSR count). The minimum absolute atomic E-state index is 0.0588. The summed E-state index contributed by atoms with van der Waals surface area (Å²) in [5.41, 5.74) is 7.77. The maximum absolute atomic E-state index is 12.8. The SMILES string of the molecule is CC1Cc2ccccc2N1S(=O)(=O)c1cnccc1N. The minimum Gasteiger partial charge on any atom is -0.398 e. The van der Waals surface area contributed by atoms with Gasteiger partial charge in [0.2, 0.25) is 0 Å². The zero-order chi connectivity index (χ0) is 14.3. The molecule has 1 unspecified atom stereocenters. The number of benzene rings is 1. The van der Waals surface area contributed by atoms with Crippen molar-refractivity contribution in [3.63, 3.8) is 0 Å². The molecule has 2 N–H and O–H groups in total. The molecule has 5 nitrogen and oxygen atoms in total. The van der Waals surface area contributed by atoms with Gasteiger partial charge in [-0.3, -0.25) is 9.29 Å². The van der Waals surface area contributed by atoms with E-state index in [-0.39, 0.29) is 16.6 Å². The minimum atomic E-state index is -3.69. The molecule has 1 aliphatic rings. The number of aromatic nitrogens is 1. The van der Waals surface area contributed by atoms with Crippen molar-refractivity contribution in [2.45, 2.75) is 24.3 Å². The van der Waals surface area contributed by atoms with Crippen LogP contribution < -0.4 is 10.0 Å². The standard InChI is InChI=1S/C14H15N3O2S/c1-10-8-11-4-2-3-5-13(11)17(10)20(18,19)14-9-16-7-6-12(14)15/h2-7,9-10H,8H2,1H3,(H2,15,16). The van der Waals surface area contributed by atoms with E-state index in [2.05, 4.69) is 4.98 Å². The zero-order valence-electron chi connectivity index (χ0n) is 11.0. The van der Waals surface area contributed by atoms with Crippen LogP contribution in [0.5, 0.6) is 0 Å². The van der Waals surface area contributed by atoms with E-state index in [0.717, 1.165) is 11.3 Å². The van der Waals surface area contributed by atoms with E-state index in [4.69, 9.17) is 5.73 Å². The van der Waals surface area contributed by atoms with Gasteiger partial charge in [0.25, 0.3) is 10.0 Å². The summed E-state index contributed by atoms with van der Waals surface area (Å²) in [6, 6.07) is 8.90. The average Bonchev–Trinajstić information content (AvgIpc) is 2.75. The summed E-state index contributed by atoms with van der Waals surface area (Å²) in [6.07, 6.45) is 3.49. The number of fused-ring (bicyclic) bond motifs is 1. The largest absolute Gasteiger partial charge is 0.398 e. The van der Waals surface area contributed by atoms with Crippen LogP contribution in [0.2, 0.25) is 0 Å². The van der Waals surface area contributed by atoms with Gasteiger partial charge in [-0.25, -0.2) is 8.42 Å². The number of anilines is 2. The van der Waals surface area contributed by atoms with Crippen LogP contribution in [0.15, 0.2) is 47.6 Å². The second-order valence-corrected chi connectivity index (χ2v) is 6.68. The summed E-state index contributed by atoms with van der Waals surface area (Å²) in [5.74, 6) is 0. The van der Waals surface area contributed by atoms with E-state index in [0.29, 0.717) is 6.42 Å². The van der Waals surface area contributed by atoms with Crippen LogP contribution in [0, 0.1) is 0 Å². The second-order valence-electron chi connectivity index (χ2n) is 4.90. The van der Waals surface area contributed by atoms with E-state index in [9.17, 15) is 8.42 Å². The van der Waals surface area contributed by atoms with Gasteiger partial charge < -0.3 is 5.73 Å². The third-order valence-corrected chi connectivity index (χ3v) is 5.47. The first-order chi connectivity index (χ1) is 9.51. The van der Waals surface area contributed by atoms with Crippen molar-refractivity contribution in [3.8, 4) is 0 Å². The number of sulfonamides is 1. The average molecular weight is 289 g/mol. The number of pyridine rings is 1. The number of nitrogens with zero attached hydrogens (tertiary/aromatic N) is 2. The highest BCUT2D eigenvalue weighted by Gasteiger charge is 2.36. The maximum atomic E-state index is 12.8. The summed E-state index contributed by atoms with van der Waals surface area (Å²) < 4.78 is 27.1. The molecule has 1 aromatic carbocycles. The number of para-hydroxylation sites is 1. The topological polar surface area (TPSA) is 76.3 Å². The van der Waals surface area contributed by atoms with Gasteiger partial charge in [-0.1, -0.05) is 18.2 Å². The molecule has 0 saturated carbocycles. The lowest BCUT2D eigenvalue weighted by Gasteiger charge is -2.24. The summed E-state index contributed by atoms with van der Waals surface area (Å²) in [4.78, 5) is 3.94. The predicted octanol–water partition coefficient (Wildman–Crippen LogP) is 1.80. The first-order valence-corrected chi connectivity index (χ1v) is 7.77. The molecular formula is C14H15N3O2S. The van der Waals surface area contributed by atoms with Crippen LogP contribution in [-0.2, 0) is 16.4 Å². The van der Waals surface area contributed by atoms with Crippen LogP contribution in [0.3, 0.4) is 0 Å². The molecule has 0 spiro atoms. The molecule has 0 radical (unpaired) electrons. The van der Waals surface area contributed by atoms with Crippen molar-refractivity contribution in [1.82, 2.24) is 4.98 Å². The molecule has 0 bridgehead atoms. The molecule has 104 valence electrons. The van der Waals surface area contributed by atoms with Gasteiger partial charge in [0.15, 0.2) is 0 Å². The maximum Gasteiger partial charge on any atom is 0.268 e. The van der Waals surface area contributed by atoms with Crippen LogP contribution in [0.1, 0.15) is 12.5 Å². The third-order valence-electron chi connectivity index (χ3n) is 3.50. The molecule has 1 aliphatic heterocycles. The summed E-state index contributed by atoms with van der Waals surface area (Å²) >= 11 is 0. The van der Waals surface area contributed by atoms with Crippen molar-refractivity contribution in [3.05, 3.63) is 48.3 Å². The lowest BCUT2D eigenvalue weighted by Crippen LogP contribution is -2.36. The number of rotatable bonds is 2. The molecule has 1 atom stereocenters. The zero-order valence-corrected chi connectivity index (χ0v) is 11.8. The van der Waals surface area contributed by atoms with E-state index in [1.165, 1.54) is 22.8 Å². The Kier molecular flexibility index (Phi) is 2.90. The molecular weight excluding hydrogens is 274 g/mol. The van der Waals surface area contributed by atoms with E-state index in [1.807, 2.05) is 31.2 Å². The van der Waals surface area contributed by atoms with Gasteiger partial charge in [-0.15, -0.1) is 0 Å². The van der Waals surface area contributed by atoms with Crippen LogP contribution in [0.4, 0.5) is 11.4 Å². The number of hydrogen-bond donors (Lipinski definition) is 1. The van der Waals surface area contributed by atoms with Crippen LogP contribution >= 0.6 is 0 Å². The Bertz CT molecular complexity index is 759. The first kappa shape index (κ1) is 12.9. The smallest absolute Gasteiger partial charge is 0.268 e. The van der Waals surface area contributed by atoms with Gasteiger partial charge in [0, 0.05) is 18.4 Å². The van der Waals surface area contributed by atoms with Crippen LogP contribution in [-0.4, -0.2) is 19.4 Å². The molecule has 20 heavy (non-hydrogen) atoms. The molecule has 2 aromatic rings. The first-order valence-electron chi connectivity index (χ1n) is 6.33. The molecule has 6 heteroatoms. The van der Waals surface area contributed by atoms with Gasteiger partial charge in [0.1, 0.15) is 4.90 Å². The van der Waals surface area contributed by atoms with Gasteiger partial charge >= 0.3 is 0 Å². The molecule has 0 amide bonds. The fraction of sp³-hybridized carbons (Fsp3) is 0.214. The Labute approximate surface area is 118 Å². The van der Waals surface area contributed by atoms with Crippen molar-refractivity contribution < 1.29 is 8.42 Å². The molecule has 2 heterocycles. The Hall–Kier alpha value is -2.08. The van der Waals surface area contributed by atoms with Crippen molar-refractivity contribution in [2.75, 3.05) is 10.0 Å². The van der Waals surface area contributed by atoms with Crippen molar-refractivity contribution in [1.29, 1.82) is 0 Å². The Morgan fingerprint density at radius 2 is 2.05 bits per heavy atom. The normalized spacial score (nSPS) is 18.1. The van der Waals surface area contributed by atoms with Gasteiger partial charge in [0.05, 0.1) is 11.4 Å². The quantitative estimate of drug-likeness (QED) is 0.914. The van der Waals surface area contributed by atoms with Crippen molar-refractivity contribution >= 4 is 21.4 Å². The van der Waals surface area contributed by atoms with E-state index >= 15 is 0 Å². The number of nitrogens with two attached hydrogens (primary N) is 1. The molecule has 1 aromatic heterocycles. The highest BCUT2D eigenvalue weighted by molar-refractivity contribution is 7.93. The predicted molar refractivity (Wildman–Crippen MR) is 77.9 cm³/mol. The van der Waals surface area contributed by atoms with Crippen LogP contribution in [0.25, 0.3) is 0 Å². The monoisotopic (exact) mass is 289 g/mol. The summed E-state index contributed by atoms with van der Waals surface area (Å²) in [7, 11) is -3.69. The fourth-order valence-electron chi connectivity index (χ4n) is 2.62. The highest BCUT2D eigenvalue weighted by atomic mass is 32.2. The Morgan fingerprint density at radius 1 is 1.30 bits per heavy atom. The Balaban J connectivity index is 2.16. The summed E-state index contributed by atoms with van der Waals surface area (Å²) in [5, 5.41) is 0. The lowest BCUT2D eigenvalue weighted by molar-refractivity contribution is 0.584. The fourth-order valence-corrected chi connectivity index (χ4v) is 4.37. The molecule has 0 saturated heterocycles. The highest BCUT2D eigenvalue weighted by Crippen LogP contribution is 2.37.